The average molecular weight is 290 g/mol. The fourth-order valence-corrected chi connectivity index (χ4v) is 2.83. The minimum atomic E-state index is 0.537. The van der Waals surface area contributed by atoms with Crippen LogP contribution in [-0.2, 0) is 17.8 Å². The Labute approximate surface area is 129 Å². The molecule has 3 nitrogen and oxygen atoms in total. The van der Waals surface area contributed by atoms with E-state index < -0.39 is 0 Å². The summed E-state index contributed by atoms with van der Waals surface area (Å²) in [5, 5.41) is 3.45. The summed E-state index contributed by atoms with van der Waals surface area (Å²) in [5.41, 5.74) is 2.76. The van der Waals surface area contributed by atoms with E-state index in [2.05, 4.69) is 55.4 Å². The molecule has 0 atom stereocenters. The average Bonchev–Trinajstić information content (AvgIpc) is 2.47. The van der Waals surface area contributed by atoms with Gasteiger partial charge in [0.2, 0.25) is 0 Å². The zero-order valence-electron chi connectivity index (χ0n) is 13.8. The van der Waals surface area contributed by atoms with Gasteiger partial charge in [-0.1, -0.05) is 38.1 Å². The van der Waals surface area contributed by atoms with Gasteiger partial charge in [-0.05, 0) is 36.9 Å². The predicted molar refractivity (Wildman–Crippen MR) is 88.3 cm³/mol. The fraction of sp³-hybridized carbons (Fsp3) is 0.667. The number of benzene rings is 1. The minimum absolute atomic E-state index is 0.537. The third kappa shape index (κ3) is 6.16. The topological polar surface area (TPSA) is 24.5 Å². The molecule has 1 aliphatic heterocycles. The van der Waals surface area contributed by atoms with Crippen molar-refractivity contribution < 1.29 is 4.74 Å². The molecule has 1 fully saturated rings. The van der Waals surface area contributed by atoms with Gasteiger partial charge in [-0.2, -0.15) is 0 Å². The molecule has 0 aromatic heterocycles. The molecular weight excluding hydrogens is 260 g/mol. The molecule has 0 aliphatic carbocycles. The Morgan fingerprint density at radius 1 is 1.14 bits per heavy atom. The van der Waals surface area contributed by atoms with Crippen LogP contribution in [0, 0.1) is 5.92 Å². The summed E-state index contributed by atoms with van der Waals surface area (Å²) < 4.78 is 5.43. The van der Waals surface area contributed by atoms with Crippen molar-refractivity contribution in [3.63, 3.8) is 0 Å². The van der Waals surface area contributed by atoms with Gasteiger partial charge in [0.1, 0.15) is 0 Å². The second kappa shape index (κ2) is 8.52. The molecule has 1 saturated heterocycles. The van der Waals surface area contributed by atoms with Crippen LogP contribution in [0.2, 0.25) is 0 Å². The van der Waals surface area contributed by atoms with Gasteiger partial charge in [0, 0.05) is 38.9 Å². The number of hydrogen-bond acceptors (Lipinski definition) is 3. The Balaban J connectivity index is 1.76. The molecule has 1 N–H and O–H groups in total. The third-order valence-corrected chi connectivity index (χ3v) is 4.10. The molecule has 1 aromatic carbocycles. The van der Waals surface area contributed by atoms with Crippen LogP contribution in [0.25, 0.3) is 0 Å². The van der Waals surface area contributed by atoms with Crippen molar-refractivity contribution in [3.05, 3.63) is 35.4 Å². The van der Waals surface area contributed by atoms with Crippen molar-refractivity contribution in [1.82, 2.24) is 10.2 Å². The number of rotatable bonds is 7. The lowest BCUT2D eigenvalue weighted by molar-refractivity contribution is 0.0549. The van der Waals surface area contributed by atoms with Gasteiger partial charge in [-0.25, -0.2) is 0 Å². The fourth-order valence-electron chi connectivity index (χ4n) is 2.83. The Morgan fingerprint density at radius 3 is 2.38 bits per heavy atom. The first-order valence-corrected chi connectivity index (χ1v) is 8.21. The highest BCUT2D eigenvalue weighted by Gasteiger charge is 2.15. The standard InChI is InChI=1S/C18H30N2O/c1-15(2)19-12-16-4-6-17(7-5-16)13-20(3)14-18-8-10-21-11-9-18/h4-7,15,18-19H,8-14H2,1-3H3. The van der Waals surface area contributed by atoms with Crippen LogP contribution < -0.4 is 5.32 Å². The van der Waals surface area contributed by atoms with E-state index in [4.69, 9.17) is 4.74 Å². The summed E-state index contributed by atoms with van der Waals surface area (Å²) in [6.45, 7) is 9.41. The summed E-state index contributed by atoms with van der Waals surface area (Å²) in [5.74, 6) is 0.804. The molecule has 0 unspecified atom stereocenters. The molecule has 0 saturated carbocycles. The molecule has 0 spiro atoms. The van der Waals surface area contributed by atoms with Crippen LogP contribution in [0.1, 0.15) is 37.8 Å². The molecule has 0 amide bonds. The van der Waals surface area contributed by atoms with Gasteiger partial charge >= 0.3 is 0 Å². The van der Waals surface area contributed by atoms with E-state index in [1.807, 2.05) is 0 Å². The molecule has 1 aromatic rings. The summed E-state index contributed by atoms with van der Waals surface area (Å²) in [4.78, 5) is 2.44. The highest BCUT2D eigenvalue weighted by atomic mass is 16.5. The Bertz CT molecular complexity index is 396. The largest absolute Gasteiger partial charge is 0.381 e. The smallest absolute Gasteiger partial charge is 0.0469 e. The summed E-state index contributed by atoms with van der Waals surface area (Å²) in [6.07, 6.45) is 2.42. The molecule has 1 aliphatic rings. The van der Waals surface area contributed by atoms with Crippen molar-refractivity contribution in [3.8, 4) is 0 Å². The summed E-state index contributed by atoms with van der Waals surface area (Å²) in [6, 6.07) is 9.55. The van der Waals surface area contributed by atoms with Crippen molar-refractivity contribution in [2.24, 2.45) is 5.92 Å². The van der Waals surface area contributed by atoms with E-state index >= 15 is 0 Å². The molecule has 1 heterocycles. The lowest BCUT2D eigenvalue weighted by atomic mass is 9.99. The van der Waals surface area contributed by atoms with E-state index in [1.165, 1.54) is 30.5 Å². The Kier molecular flexibility index (Phi) is 6.68. The third-order valence-electron chi connectivity index (χ3n) is 4.10. The maximum Gasteiger partial charge on any atom is 0.0469 e. The van der Waals surface area contributed by atoms with Gasteiger partial charge in [-0.15, -0.1) is 0 Å². The SMILES string of the molecule is CC(C)NCc1ccc(CN(C)CC2CCOCC2)cc1. The van der Waals surface area contributed by atoms with E-state index in [1.54, 1.807) is 0 Å². The van der Waals surface area contributed by atoms with Crippen molar-refractivity contribution in [2.45, 2.75) is 45.8 Å². The highest BCUT2D eigenvalue weighted by molar-refractivity contribution is 5.22. The number of nitrogens with one attached hydrogen (secondary N) is 1. The quantitative estimate of drug-likeness (QED) is 0.835. The van der Waals surface area contributed by atoms with E-state index in [9.17, 15) is 0 Å². The van der Waals surface area contributed by atoms with Crippen LogP contribution in [0.5, 0.6) is 0 Å². The maximum atomic E-state index is 5.43. The molecule has 2 rings (SSSR count). The van der Waals surface area contributed by atoms with Crippen LogP contribution in [-0.4, -0.2) is 37.7 Å². The summed E-state index contributed by atoms with van der Waals surface area (Å²) in [7, 11) is 2.23. The van der Waals surface area contributed by atoms with Crippen molar-refractivity contribution in [1.29, 1.82) is 0 Å². The second-order valence-electron chi connectivity index (χ2n) is 6.60. The predicted octanol–water partition coefficient (Wildman–Crippen LogP) is 3.04. The van der Waals surface area contributed by atoms with Gasteiger partial charge < -0.3 is 15.0 Å². The van der Waals surface area contributed by atoms with Crippen molar-refractivity contribution in [2.75, 3.05) is 26.8 Å². The normalized spacial score (nSPS) is 16.8. The molecule has 118 valence electrons. The highest BCUT2D eigenvalue weighted by Crippen LogP contribution is 2.16. The molecule has 0 bridgehead atoms. The van der Waals surface area contributed by atoms with Gasteiger partial charge in [0.25, 0.3) is 0 Å². The number of hydrogen-bond donors (Lipinski definition) is 1. The zero-order chi connectivity index (χ0) is 15.1. The van der Waals surface area contributed by atoms with Gasteiger partial charge in [0.15, 0.2) is 0 Å². The molecule has 0 radical (unpaired) electrons. The van der Waals surface area contributed by atoms with Gasteiger partial charge in [0.05, 0.1) is 0 Å². The first kappa shape index (κ1) is 16.5. The lowest BCUT2D eigenvalue weighted by Gasteiger charge is -2.27. The van der Waals surface area contributed by atoms with Crippen molar-refractivity contribution >= 4 is 0 Å². The zero-order valence-corrected chi connectivity index (χ0v) is 13.8. The minimum Gasteiger partial charge on any atom is -0.381 e. The number of nitrogens with zero attached hydrogens (tertiary/aromatic N) is 1. The van der Waals surface area contributed by atoms with Crippen LogP contribution in [0.4, 0.5) is 0 Å². The second-order valence-corrected chi connectivity index (χ2v) is 6.60. The van der Waals surface area contributed by atoms with Gasteiger partial charge in [-0.3, -0.25) is 0 Å². The summed E-state index contributed by atoms with van der Waals surface area (Å²) >= 11 is 0. The Hall–Kier alpha value is -0.900. The van der Waals surface area contributed by atoms with E-state index in [0.717, 1.165) is 32.2 Å². The molecule has 21 heavy (non-hydrogen) atoms. The van der Waals surface area contributed by atoms with E-state index in [0.29, 0.717) is 6.04 Å². The molecular formula is C18H30N2O. The van der Waals surface area contributed by atoms with E-state index in [-0.39, 0.29) is 0 Å². The monoisotopic (exact) mass is 290 g/mol. The van der Waals surface area contributed by atoms with Crippen LogP contribution in [0.3, 0.4) is 0 Å². The number of ether oxygens (including phenoxy) is 1. The van der Waals surface area contributed by atoms with Crippen LogP contribution >= 0.6 is 0 Å². The lowest BCUT2D eigenvalue weighted by Crippen LogP contribution is -2.29. The first-order chi connectivity index (χ1) is 10.1. The maximum absolute atomic E-state index is 5.43. The van der Waals surface area contributed by atoms with Crippen LogP contribution in [0.15, 0.2) is 24.3 Å². The first-order valence-electron chi connectivity index (χ1n) is 8.21. The Morgan fingerprint density at radius 2 is 1.76 bits per heavy atom. The molecule has 3 heteroatoms.